The van der Waals surface area contributed by atoms with Crippen molar-refractivity contribution in [3.8, 4) is 0 Å². The topological polar surface area (TPSA) is 68.7 Å². The Kier molecular flexibility index (Phi) is 4.91. The third-order valence-electron chi connectivity index (χ3n) is 3.50. The molecule has 2 heterocycles. The summed E-state index contributed by atoms with van der Waals surface area (Å²) in [7, 11) is 0. The van der Waals surface area contributed by atoms with E-state index in [1.165, 1.54) is 4.70 Å². The normalized spacial score (nSPS) is 23.9. The van der Waals surface area contributed by atoms with E-state index >= 15 is 0 Å². The maximum absolute atomic E-state index is 10.9. The molecule has 2 unspecified atom stereocenters. The first kappa shape index (κ1) is 16.7. The van der Waals surface area contributed by atoms with Gasteiger partial charge in [0.15, 0.2) is 10.1 Å². The Balaban J connectivity index is 1.63. The quantitative estimate of drug-likeness (QED) is 0.825. The van der Waals surface area contributed by atoms with Crippen molar-refractivity contribution in [3.63, 3.8) is 0 Å². The summed E-state index contributed by atoms with van der Waals surface area (Å²) in [5.41, 5.74) is 1.01. The van der Waals surface area contributed by atoms with Crippen LogP contribution in [0.5, 0.6) is 0 Å². The van der Waals surface area contributed by atoms with Crippen molar-refractivity contribution in [2.45, 2.75) is 49.0 Å². The van der Waals surface area contributed by atoms with Gasteiger partial charge in [0.05, 0.1) is 28.8 Å². The van der Waals surface area contributed by atoms with Gasteiger partial charge in [0.2, 0.25) is 0 Å². The number of aromatic nitrogens is 1. The Morgan fingerprint density at radius 3 is 2.87 bits per heavy atom. The molecule has 0 spiro atoms. The van der Waals surface area contributed by atoms with Crippen LogP contribution in [0.3, 0.4) is 0 Å². The van der Waals surface area contributed by atoms with Crippen LogP contribution < -0.4 is 0 Å². The van der Waals surface area contributed by atoms with Crippen molar-refractivity contribution < 1.29 is 19.4 Å². The molecule has 1 aromatic carbocycles. The number of aliphatic carboxylic acids is 1. The lowest BCUT2D eigenvalue weighted by Gasteiger charge is -2.40. The van der Waals surface area contributed by atoms with Crippen LogP contribution in [0.4, 0.5) is 0 Å². The number of benzene rings is 1. The van der Waals surface area contributed by atoms with E-state index in [0.717, 1.165) is 15.6 Å². The van der Waals surface area contributed by atoms with Crippen molar-refractivity contribution in [2.24, 2.45) is 0 Å². The lowest BCUT2D eigenvalue weighted by molar-refractivity contribution is -0.295. The van der Waals surface area contributed by atoms with Crippen LogP contribution in [0.1, 0.15) is 26.7 Å². The van der Waals surface area contributed by atoms with Gasteiger partial charge in [0.25, 0.3) is 0 Å². The summed E-state index contributed by atoms with van der Waals surface area (Å²) in [6.07, 6.45) is 0.250. The molecule has 1 aliphatic rings. The first-order valence-corrected chi connectivity index (χ1v) is 9.27. The molecule has 1 N–H and O–H groups in total. The molecule has 2 aromatic rings. The van der Waals surface area contributed by atoms with Gasteiger partial charge in [0, 0.05) is 12.2 Å². The summed E-state index contributed by atoms with van der Waals surface area (Å²) in [6.45, 7) is 3.66. The molecule has 23 heavy (non-hydrogen) atoms. The molecular formula is C16H19NO4S2. The molecule has 3 rings (SSSR count). The van der Waals surface area contributed by atoms with Crippen LogP contribution in [0.2, 0.25) is 0 Å². The smallest absolute Gasteiger partial charge is 0.305 e. The fourth-order valence-corrected chi connectivity index (χ4v) is 4.82. The Morgan fingerprint density at radius 1 is 1.39 bits per heavy atom. The maximum Gasteiger partial charge on any atom is 0.305 e. The van der Waals surface area contributed by atoms with Crippen molar-refractivity contribution in [3.05, 3.63) is 24.3 Å². The van der Waals surface area contributed by atoms with Gasteiger partial charge in [-0.2, -0.15) is 0 Å². The Morgan fingerprint density at radius 2 is 2.13 bits per heavy atom. The highest BCUT2D eigenvalue weighted by Crippen LogP contribution is 2.34. The van der Waals surface area contributed by atoms with Crippen molar-refractivity contribution in [1.82, 2.24) is 4.98 Å². The summed E-state index contributed by atoms with van der Waals surface area (Å²) < 4.78 is 13.8. The third kappa shape index (κ3) is 4.44. The fourth-order valence-electron chi connectivity index (χ4n) is 2.72. The number of ether oxygens (including phenoxy) is 2. The molecule has 1 aliphatic heterocycles. The lowest BCUT2D eigenvalue weighted by Crippen LogP contribution is -2.46. The van der Waals surface area contributed by atoms with E-state index < -0.39 is 11.8 Å². The molecule has 1 saturated heterocycles. The zero-order chi connectivity index (χ0) is 16.4. The molecule has 0 radical (unpaired) electrons. The number of carboxylic acids is 1. The van der Waals surface area contributed by atoms with Gasteiger partial charge in [-0.15, -0.1) is 11.3 Å². The minimum Gasteiger partial charge on any atom is -0.481 e. The molecule has 1 fully saturated rings. The Bertz CT molecular complexity index is 667. The first-order chi connectivity index (χ1) is 10.9. The lowest BCUT2D eigenvalue weighted by atomic mass is 10.1. The number of thiazole rings is 1. The molecule has 5 nitrogen and oxygen atoms in total. The van der Waals surface area contributed by atoms with E-state index in [0.29, 0.717) is 6.42 Å². The summed E-state index contributed by atoms with van der Waals surface area (Å²) in [6, 6.07) is 8.06. The van der Waals surface area contributed by atoms with Crippen LogP contribution in [0.15, 0.2) is 28.6 Å². The number of nitrogens with zero attached hydrogens (tertiary/aromatic N) is 1. The molecule has 2 atom stereocenters. The zero-order valence-electron chi connectivity index (χ0n) is 13.0. The number of thioether (sulfide) groups is 1. The maximum atomic E-state index is 10.9. The van der Waals surface area contributed by atoms with Crippen molar-refractivity contribution >= 4 is 39.3 Å². The number of fused-ring (bicyclic) bond motifs is 1. The van der Waals surface area contributed by atoms with Gasteiger partial charge < -0.3 is 14.6 Å². The summed E-state index contributed by atoms with van der Waals surface area (Å²) in [5, 5.41) is 8.98. The highest BCUT2D eigenvalue weighted by Gasteiger charge is 2.36. The Labute approximate surface area is 143 Å². The Hall–Kier alpha value is -1.15. The number of carbonyl (C=O) groups is 1. The van der Waals surface area contributed by atoms with E-state index in [-0.39, 0.29) is 18.6 Å². The average Bonchev–Trinajstić information content (AvgIpc) is 2.85. The number of hydrogen-bond donors (Lipinski definition) is 1. The van der Waals surface area contributed by atoms with Crippen LogP contribution >= 0.6 is 23.1 Å². The molecule has 0 bridgehead atoms. The SMILES string of the molecule is CC1(C)OC(CSc2nc3ccccc3s2)CC(CC(=O)O)O1. The van der Waals surface area contributed by atoms with Gasteiger partial charge in [0.1, 0.15) is 0 Å². The highest BCUT2D eigenvalue weighted by atomic mass is 32.2. The second-order valence-electron chi connectivity index (χ2n) is 5.97. The van der Waals surface area contributed by atoms with E-state index in [2.05, 4.69) is 11.1 Å². The van der Waals surface area contributed by atoms with Gasteiger partial charge in [-0.3, -0.25) is 4.79 Å². The summed E-state index contributed by atoms with van der Waals surface area (Å²) in [4.78, 5) is 15.5. The first-order valence-electron chi connectivity index (χ1n) is 7.47. The van der Waals surface area contributed by atoms with Crippen LogP contribution in [0, 0.1) is 0 Å². The minimum atomic E-state index is -0.842. The molecule has 7 heteroatoms. The van der Waals surface area contributed by atoms with Gasteiger partial charge in [-0.05, 0) is 26.0 Å². The third-order valence-corrected chi connectivity index (χ3v) is 5.81. The largest absolute Gasteiger partial charge is 0.481 e. The predicted octanol–water partition coefficient (Wildman–Crippen LogP) is 3.77. The average molecular weight is 353 g/mol. The van der Waals surface area contributed by atoms with Crippen molar-refractivity contribution in [1.29, 1.82) is 0 Å². The number of carboxylic acid groups (broad SMARTS) is 1. The number of hydrogen-bond acceptors (Lipinski definition) is 6. The summed E-state index contributed by atoms with van der Waals surface area (Å²) >= 11 is 3.32. The molecule has 1 aromatic heterocycles. The summed E-state index contributed by atoms with van der Waals surface area (Å²) in [5.74, 6) is -0.856. The van der Waals surface area contributed by atoms with E-state index in [9.17, 15) is 4.79 Å². The monoisotopic (exact) mass is 353 g/mol. The highest BCUT2D eigenvalue weighted by molar-refractivity contribution is 8.01. The number of rotatable bonds is 5. The minimum absolute atomic E-state index is 0.00902. The van der Waals surface area contributed by atoms with Crippen molar-refractivity contribution in [2.75, 3.05) is 5.75 Å². The van der Waals surface area contributed by atoms with E-state index in [1.807, 2.05) is 32.0 Å². The molecular weight excluding hydrogens is 334 g/mol. The van der Waals surface area contributed by atoms with Gasteiger partial charge in [-0.25, -0.2) is 4.98 Å². The number of para-hydroxylation sites is 1. The zero-order valence-corrected chi connectivity index (χ0v) is 14.7. The van der Waals surface area contributed by atoms with Crippen LogP contribution in [0.25, 0.3) is 10.2 Å². The van der Waals surface area contributed by atoms with Crippen LogP contribution in [-0.4, -0.2) is 39.8 Å². The van der Waals surface area contributed by atoms with Crippen LogP contribution in [-0.2, 0) is 14.3 Å². The standard InChI is InChI=1S/C16H19NO4S2/c1-16(2)20-10(8-14(18)19)7-11(21-16)9-22-15-17-12-5-3-4-6-13(12)23-15/h3-6,10-11H,7-9H2,1-2H3,(H,18,19). The second kappa shape index (κ2) is 6.76. The predicted molar refractivity (Wildman–Crippen MR) is 91.0 cm³/mol. The van der Waals surface area contributed by atoms with Gasteiger partial charge in [-0.1, -0.05) is 23.9 Å². The second-order valence-corrected chi connectivity index (χ2v) is 8.27. The molecule has 124 valence electrons. The molecule has 0 saturated carbocycles. The van der Waals surface area contributed by atoms with E-state index in [1.54, 1.807) is 23.1 Å². The molecule has 0 aliphatic carbocycles. The fraction of sp³-hybridized carbons (Fsp3) is 0.500. The molecule has 0 amide bonds. The van der Waals surface area contributed by atoms with Gasteiger partial charge >= 0.3 is 5.97 Å². The van der Waals surface area contributed by atoms with E-state index in [4.69, 9.17) is 14.6 Å².